The highest BCUT2D eigenvalue weighted by atomic mass is 32.2. The first kappa shape index (κ1) is 20.0. The number of benzene rings is 1. The van der Waals surface area contributed by atoms with E-state index in [2.05, 4.69) is 43.2 Å². The molecule has 2 atom stereocenters. The van der Waals surface area contributed by atoms with E-state index in [0.29, 0.717) is 28.2 Å². The summed E-state index contributed by atoms with van der Waals surface area (Å²) >= 11 is 1.57. The summed E-state index contributed by atoms with van der Waals surface area (Å²) in [6, 6.07) is 8.26. The average molecular weight is 410 g/mol. The van der Waals surface area contributed by atoms with Crippen molar-refractivity contribution >= 4 is 23.4 Å². The van der Waals surface area contributed by atoms with Crippen LogP contribution in [0.2, 0.25) is 0 Å². The molecular formula is C23H27N3O2S. The van der Waals surface area contributed by atoms with E-state index in [4.69, 9.17) is 4.98 Å². The van der Waals surface area contributed by atoms with Crippen molar-refractivity contribution in [2.24, 2.45) is 0 Å². The van der Waals surface area contributed by atoms with Crippen molar-refractivity contribution in [1.82, 2.24) is 9.97 Å². The molecule has 2 N–H and O–H groups in total. The summed E-state index contributed by atoms with van der Waals surface area (Å²) in [6.07, 6.45) is 4.13. The van der Waals surface area contributed by atoms with E-state index in [-0.39, 0.29) is 17.3 Å². The number of allylic oxidation sites excluding steroid dienone is 2. The fourth-order valence-corrected chi connectivity index (χ4v) is 4.89. The summed E-state index contributed by atoms with van der Waals surface area (Å²) in [5.74, 6) is 0.364. The number of rotatable bonds is 5. The molecule has 4 rings (SSSR count). The molecule has 0 bridgehead atoms. The van der Waals surface area contributed by atoms with Gasteiger partial charge in [-0.1, -0.05) is 56.8 Å². The van der Waals surface area contributed by atoms with Gasteiger partial charge in [0.1, 0.15) is 5.82 Å². The van der Waals surface area contributed by atoms with Gasteiger partial charge in [-0.05, 0) is 36.8 Å². The van der Waals surface area contributed by atoms with Crippen LogP contribution in [-0.2, 0) is 11.2 Å². The summed E-state index contributed by atoms with van der Waals surface area (Å²) in [6.45, 7) is 6.36. The predicted octanol–water partition coefficient (Wildman–Crippen LogP) is 4.79. The maximum absolute atomic E-state index is 13.2. The summed E-state index contributed by atoms with van der Waals surface area (Å²) in [4.78, 5) is 33.7. The number of carbonyl (C=O) groups is 1. The number of thioether (sulfide) groups is 1. The summed E-state index contributed by atoms with van der Waals surface area (Å²) < 4.78 is 0. The van der Waals surface area contributed by atoms with Crippen molar-refractivity contribution in [2.45, 2.75) is 69.2 Å². The molecule has 0 saturated heterocycles. The van der Waals surface area contributed by atoms with E-state index >= 15 is 0 Å². The largest absolute Gasteiger partial charge is 0.343 e. The number of H-pyrrole nitrogens is 1. The molecule has 2 heterocycles. The minimum Gasteiger partial charge on any atom is -0.343 e. The van der Waals surface area contributed by atoms with Gasteiger partial charge in [0.2, 0.25) is 0 Å². The van der Waals surface area contributed by atoms with Crippen LogP contribution in [0.25, 0.3) is 0 Å². The molecule has 29 heavy (non-hydrogen) atoms. The minimum absolute atomic E-state index is 0.131. The Morgan fingerprint density at radius 1 is 1.17 bits per heavy atom. The highest BCUT2D eigenvalue weighted by molar-refractivity contribution is 7.99. The van der Waals surface area contributed by atoms with E-state index in [0.717, 1.165) is 42.5 Å². The molecule has 1 aromatic carbocycles. The van der Waals surface area contributed by atoms with Crippen LogP contribution >= 0.6 is 11.8 Å². The first-order valence-corrected chi connectivity index (χ1v) is 11.3. The Morgan fingerprint density at radius 2 is 1.93 bits per heavy atom. The third-order valence-corrected chi connectivity index (χ3v) is 7.00. The Kier molecular flexibility index (Phi) is 5.63. The zero-order valence-corrected chi connectivity index (χ0v) is 18.0. The lowest BCUT2D eigenvalue weighted by Crippen LogP contribution is -2.32. The quantitative estimate of drug-likeness (QED) is 0.549. The topological polar surface area (TPSA) is 74.8 Å². The normalized spacial score (nSPS) is 19.4. The van der Waals surface area contributed by atoms with Crippen molar-refractivity contribution in [3.8, 4) is 0 Å². The molecule has 1 aromatic heterocycles. The number of aryl methyl sites for hydroxylation is 1. The molecule has 0 saturated carbocycles. The van der Waals surface area contributed by atoms with Crippen LogP contribution in [0.3, 0.4) is 0 Å². The lowest BCUT2D eigenvalue weighted by Gasteiger charge is -2.33. The second-order valence-electron chi connectivity index (χ2n) is 7.79. The third kappa shape index (κ3) is 3.78. The fraction of sp³-hybridized carbons (Fsp3) is 0.435. The predicted molar refractivity (Wildman–Crippen MR) is 118 cm³/mol. The van der Waals surface area contributed by atoms with Crippen molar-refractivity contribution < 1.29 is 4.79 Å². The molecule has 6 heteroatoms. The molecule has 2 aliphatic rings. The maximum atomic E-state index is 13.2. The number of ketones is 1. The lowest BCUT2D eigenvalue weighted by molar-refractivity contribution is -0.116. The molecule has 0 radical (unpaired) electrons. The zero-order valence-electron chi connectivity index (χ0n) is 17.2. The van der Waals surface area contributed by atoms with Gasteiger partial charge >= 0.3 is 0 Å². The van der Waals surface area contributed by atoms with Gasteiger partial charge in [-0.3, -0.25) is 9.59 Å². The Morgan fingerprint density at radius 3 is 2.62 bits per heavy atom. The Bertz CT molecular complexity index is 1020. The van der Waals surface area contributed by atoms with Gasteiger partial charge in [0.15, 0.2) is 10.9 Å². The van der Waals surface area contributed by atoms with Crippen LogP contribution in [0.15, 0.2) is 45.5 Å². The Balaban J connectivity index is 1.86. The van der Waals surface area contributed by atoms with Crippen LogP contribution in [0.4, 0.5) is 5.82 Å². The molecule has 0 amide bonds. The van der Waals surface area contributed by atoms with Gasteiger partial charge in [0.25, 0.3) is 5.56 Å². The Labute approximate surface area is 175 Å². The Hall–Kier alpha value is -2.34. The van der Waals surface area contributed by atoms with E-state index in [9.17, 15) is 9.59 Å². The maximum Gasteiger partial charge on any atom is 0.257 e. The van der Waals surface area contributed by atoms with Crippen molar-refractivity contribution in [3.63, 3.8) is 0 Å². The van der Waals surface area contributed by atoms with Crippen LogP contribution in [0, 0.1) is 0 Å². The van der Waals surface area contributed by atoms with Crippen LogP contribution in [0.1, 0.15) is 69.1 Å². The van der Waals surface area contributed by atoms with Crippen LogP contribution in [-0.4, -0.2) is 21.0 Å². The highest BCUT2D eigenvalue weighted by Gasteiger charge is 2.37. The fourth-order valence-electron chi connectivity index (χ4n) is 4.05. The number of fused-ring (bicyclic) bond motifs is 1. The van der Waals surface area contributed by atoms with Crippen molar-refractivity contribution in [2.75, 3.05) is 5.32 Å². The second-order valence-corrected chi connectivity index (χ2v) is 9.22. The van der Waals surface area contributed by atoms with E-state index in [1.54, 1.807) is 11.8 Å². The number of nitrogens with one attached hydrogen (secondary N) is 2. The molecule has 0 unspecified atom stereocenters. The van der Waals surface area contributed by atoms with Crippen molar-refractivity contribution in [3.05, 3.63) is 62.6 Å². The monoisotopic (exact) mass is 409 g/mol. The molecule has 2 aromatic rings. The number of hydrogen-bond acceptors (Lipinski definition) is 5. The first-order valence-electron chi connectivity index (χ1n) is 10.4. The standard InChI is InChI=1S/C23H27N3O2S/c1-4-13(3)29-23-25-21-20(22(28)26-23)18(15-11-9-14(5-2)10-12-15)19-16(24-21)7-6-8-17(19)27/h9-13,18H,4-8H2,1-3H3,(H2,24,25,26,28)/t13-,18-/m1/s1. The van der Waals surface area contributed by atoms with Crippen LogP contribution in [0.5, 0.6) is 0 Å². The van der Waals surface area contributed by atoms with E-state index < -0.39 is 0 Å². The van der Waals surface area contributed by atoms with E-state index in [1.807, 2.05) is 12.1 Å². The average Bonchev–Trinajstić information content (AvgIpc) is 2.72. The molecule has 5 nitrogen and oxygen atoms in total. The van der Waals surface area contributed by atoms with Crippen LogP contribution < -0.4 is 10.9 Å². The first-order chi connectivity index (χ1) is 14.0. The summed E-state index contributed by atoms with van der Waals surface area (Å²) in [7, 11) is 0. The van der Waals surface area contributed by atoms with Gasteiger partial charge in [-0.25, -0.2) is 4.98 Å². The van der Waals surface area contributed by atoms with Gasteiger partial charge in [-0.15, -0.1) is 0 Å². The number of carbonyl (C=O) groups excluding carboxylic acids is 1. The number of nitrogens with zero attached hydrogens (tertiary/aromatic N) is 1. The lowest BCUT2D eigenvalue weighted by atomic mass is 9.76. The second kappa shape index (κ2) is 8.19. The number of Topliss-reactive ketones (excluding diaryl/α,β-unsaturated/α-hetero) is 1. The SMILES string of the molecule is CCc1ccc([C@@H]2C3=C(CCCC3=O)Nc3nc(S[C@H](C)CC)[nH]c(=O)c32)cc1. The molecule has 1 aliphatic carbocycles. The molecular weight excluding hydrogens is 382 g/mol. The highest BCUT2D eigenvalue weighted by Crippen LogP contribution is 2.43. The number of aromatic amines is 1. The molecule has 1 aliphatic heterocycles. The molecule has 152 valence electrons. The number of anilines is 1. The minimum atomic E-state index is -0.362. The zero-order chi connectivity index (χ0) is 20.5. The third-order valence-electron chi connectivity index (χ3n) is 5.85. The van der Waals surface area contributed by atoms with Gasteiger partial charge in [0, 0.05) is 28.9 Å². The molecule has 0 fully saturated rings. The van der Waals surface area contributed by atoms with Crippen molar-refractivity contribution in [1.29, 1.82) is 0 Å². The van der Waals surface area contributed by atoms with Gasteiger partial charge in [-0.2, -0.15) is 0 Å². The summed E-state index contributed by atoms with van der Waals surface area (Å²) in [5, 5.41) is 4.33. The number of aromatic nitrogens is 2. The number of hydrogen-bond donors (Lipinski definition) is 2. The van der Waals surface area contributed by atoms with E-state index in [1.165, 1.54) is 5.56 Å². The molecule has 0 spiro atoms. The summed E-state index contributed by atoms with van der Waals surface area (Å²) in [5.41, 5.74) is 4.26. The van der Waals surface area contributed by atoms with Gasteiger partial charge in [0.05, 0.1) is 5.56 Å². The van der Waals surface area contributed by atoms with Gasteiger partial charge < -0.3 is 10.3 Å². The smallest absolute Gasteiger partial charge is 0.257 e.